The summed E-state index contributed by atoms with van der Waals surface area (Å²) in [5.41, 5.74) is 5.69. The zero-order valence-electron chi connectivity index (χ0n) is 20.7. The first kappa shape index (κ1) is 24.5. The Kier molecular flexibility index (Phi) is 8.50. The van der Waals surface area contributed by atoms with E-state index in [2.05, 4.69) is 26.0 Å². The SMILES string of the molecule is CCCCCCOc1ccc(C2=NC(c3ccccc3)=NC(c3ccccc3)=C(CC)C2)c(O)c1. The molecule has 0 spiro atoms. The van der Waals surface area contributed by atoms with E-state index in [0.29, 0.717) is 30.2 Å². The van der Waals surface area contributed by atoms with Crippen molar-refractivity contribution in [2.45, 2.75) is 52.4 Å². The lowest BCUT2D eigenvalue weighted by Gasteiger charge is -2.13. The number of phenolic OH excluding ortho intramolecular Hbond substituents is 1. The van der Waals surface area contributed by atoms with Crippen LogP contribution in [0.5, 0.6) is 11.5 Å². The highest BCUT2D eigenvalue weighted by Crippen LogP contribution is 2.33. The van der Waals surface area contributed by atoms with E-state index in [4.69, 9.17) is 14.7 Å². The molecule has 1 heterocycles. The highest BCUT2D eigenvalue weighted by Gasteiger charge is 2.20. The first-order valence-electron chi connectivity index (χ1n) is 12.6. The number of hydrogen-bond donors (Lipinski definition) is 1. The molecule has 0 aromatic heterocycles. The number of ether oxygens (including phenoxy) is 1. The summed E-state index contributed by atoms with van der Waals surface area (Å²) in [6, 6.07) is 25.8. The molecule has 0 bridgehead atoms. The fourth-order valence-corrected chi connectivity index (χ4v) is 4.26. The van der Waals surface area contributed by atoms with Gasteiger partial charge in [0, 0.05) is 29.2 Å². The minimum atomic E-state index is 0.181. The predicted octanol–water partition coefficient (Wildman–Crippen LogP) is 7.81. The van der Waals surface area contributed by atoms with Gasteiger partial charge in [-0.15, -0.1) is 0 Å². The lowest BCUT2D eigenvalue weighted by atomic mass is 9.96. The van der Waals surface area contributed by atoms with Crippen LogP contribution in [-0.4, -0.2) is 23.3 Å². The molecule has 1 aliphatic rings. The largest absolute Gasteiger partial charge is 0.507 e. The molecule has 0 unspecified atom stereocenters. The molecule has 0 saturated carbocycles. The van der Waals surface area contributed by atoms with E-state index in [0.717, 1.165) is 41.8 Å². The van der Waals surface area contributed by atoms with Crippen LogP contribution in [0, 0.1) is 0 Å². The van der Waals surface area contributed by atoms with Gasteiger partial charge in [-0.1, -0.05) is 93.8 Å². The molecule has 4 heteroatoms. The molecule has 4 rings (SSSR count). The van der Waals surface area contributed by atoms with E-state index in [-0.39, 0.29) is 5.75 Å². The molecule has 1 N–H and O–H groups in total. The van der Waals surface area contributed by atoms with Crippen molar-refractivity contribution in [2.75, 3.05) is 6.61 Å². The molecular formula is C31H34N2O2. The summed E-state index contributed by atoms with van der Waals surface area (Å²) in [5.74, 6) is 1.52. The molecule has 3 aromatic carbocycles. The number of hydrogen-bond acceptors (Lipinski definition) is 4. The van der Waals surface area contributed by atoms with Gasteiger partial charge in [0.05, 0.1) is 18.0 Å². The first-order chi connectivity index (χ1) is 17.2. The second-order valence-corrected chi connectivity index (χ2v) is 8.80. The standard InChI is InChI=1S/C31H34N2O2/c1-3-5-6-13-20-35-26-18-19-27(29(34)22-26)28-21-23(4-2)30(24-14-9-7-10-15-24)33-31(32-28)25-16-11-8-12-17-25/h7-12,14-19,22,34H,3-6,13,20-21H2,1-2H3. The van der Waals surface area contributed by atoms with Crippen molar-refractivity contribution >= 4 is 17.2 Å². The van der Waals surface area contributed by atoms with E-state index >= 15 is 0 Å². The lowest BCUT2D eigenvalue weighted by molar-refractivity contribution is 0.303. The maximum atomic E-state index is 11.0. The summed E-state index contributed by atoms with van der Waals surface area (Å²) in [4.78, 5) is 10.1. The van der Waals surface area contributed by atoms with Crippen LogP contribution in [0.25, 0.3) is 5.70 Å². The van der Waals surface area contributed by atoms with Crippen molar-refractivity contribution in [1.82, 2.24) is 0 Å². The fourth-order valence-electron chi connectivity index (χ4n) is 4.26. The van der Waals surface area contributed by atoms with Gasteiger partial charge in [0.2, 0.25) is 0 Å². The monoisotopic (exact) mass is 466 g/mol. The smallest absolute Gasteiger partial charge is 0.160 e. The minimum absolute atomic E-state index is 0.181. The molecule has 180 valence electrons. The number of amidine groups is 1. The van der Waals surface area contributed by atoms with Gasteiger partial charge in [0.1, 0.15) is 11.5 Å². The highest BCUT2D eigenvalue weighted by molar-refractivity contribution is 6.16. The Labute approximate surface area is 208 Å². The summed E-state index contributed by atoms with van der Waals surface area (Å²) in [7, 11) is 0. The molecule has 3 aromatic rings. The Morgan fingerprint density at radius 2 is 1.51 bits per heavy atom. The molecule has 35 heavy (non-hydrogen) atoms. The summed E-state index contributed by atoms with van der Waals surface area (Å²) in [5, 5.41) is 11.0. The zero-order valence-corrected chi connectivity index (χ0v) is 20.7. The Morgan fingerprint density at radius 3 is 2.17 bits per heavy atom. The number of nitrogens with zero attached hydrogens (tertiary/aromatic N) is 2. The van der Waals surface area contributed by atoms with Gasteiger partial charge in [0.25, 0.3) is 0 Å². The van der Waals surface area contributed by atoms with Crippen molar-refractivity contribution < 1.29 is 9.84 Å². The molecular weight excluding hydrogens is 432 g/mol. The van der Waals surface area contributed by atoms with Crippen molar-refractivity contribution in [2.24, 2.45) is 9.98 Å². The number of phenols is 1. The Balaban J connectivity index is 1.69. The predicted molar refractivity (Wildman–Crippen MR) is 146 cm³/mol. The van der Waals surface area contributed by atoms with Crippen molar-refractivity contribution in [3.63, 3.8) is 0 Å². The molecule has 0 radical (unpaired) electrons. The highest BCUT2D eigenvalue weighted by atomic mass is 16.5. The molecule has 0 amide bonds. The summed E-state index contributed by atoms with van der Waals surface area (Å²) in [6.45, 7) is 5.01. The number of aliphatic imine (C=N–C) groups is 2. The van der Waals surface area contributed by atoms with Gasteiger partial charge in [0.15, 0.2) is 5.84 Å². The van der Waals surface area contributed by atoms with Gasteiger partial charge in [-0.2, -0.15) is 0 Å². The quantitative estimate of drug-likeness (QED) is 0.310. The van der Waals surface area contributed by atoms with E-state index < -0.39 is 0 Å². The first-order valence-corrected chi connectivity index (χ1v) is 12.6. The molecule has 4 nitrogen and oxygen atoms in total. The van der Waals surface area contributed by atoms with Crippen molar-refractivity contribution in [3.8, 4) is 11.5 Å². The van der Waals surface area contributed by atoms with Crippen LogP contribution >= 0.6 is 0 Å². The van der Waals surface area contributed by atoms with Crippen LogP contribution in [0.15, 0.2) is 94.4 Å². The van der Waals surface area contributed by atoms with E-state index in [9.17, 15) is 5.11 Å². The second-order valence-electron chi connectivity index (χ2n) is 8.80. The van der Waals surface area contributed by atoms with E-state index in [1.807, 2.05) is 60.7 Å². The number of rotatable bonds is 10. The van der Waals surface area contributed by atoms with Gasteiger partial charge in [-0.3, -0.25) is 0 Å². The fraction of sp³-hybridized carbons (Fsp3) is 0.290. The van der Waals surface area contributed by atoms with Crippen molar-refractivity contribution in [1.29, 1.82) is 0 Å². The molecule has 0 saturated heterocycles. The van der Waals surface area contributed by atoms with Crippen LogP contribution in [0.1, 0.15) is 69.1 Å². The van der Waals surface area contributed by atoms with Gasteiger partial charge >= 0.3 is 0 Å². The van der Waals surface area contributed by atoms with Crippen molar-refractivity contribution in [3.05, 3.63) is 101 Å². The molecule has 0 atom stereocenters. The topological polar surface area (TPSA) is 54.2 Å². The second kappa shape index (κ2) is 12.2. The average Bonchev–Trinajstić information content (AvgIpc) is 3.10. The maximum absolute atomic E-state index is 11.0. The van der Waals surface area contributed by atoms with Gasteiger partial charge in [-0.25, -0.2) is 9.98 Å². The number of aromatic hydroxyl groups is 1. The average molecular weight is 467 g/mol. The lowest BCUT2D eigenvalue weighted by Crippen LogP contribution is -2.07. The number of benzene rings is 3. The normalized spacial score (nSPS) is 13.8. The maximum Gasteiger partial charge on any atom is 0.160 e. The van der Waals surface area contributed by atoms with Crippen LogP contribution in [0.4, 0.5) is 0 Å². The van der Waals surface area contributed by atoms with Crippen LogP contribution < -0.4 is 4.74 Å². The summed E-state index contributed by atoms with van der Waals surface area (Å²) in [6.07, 6.45) is 6.06. The van der Waals surface area contributed by atoms with Crippen LogP contribution in [0.3, 0.4) is 0 Å². The number of unbranched alkanes of at least 4 members (excludes halogenated alkanes) is 3. The van der Waals surface area contributed by atoms with E-state index in [1.165, 1.54) is 18.4 Å². The molecule has 0 aliphatic carbocycles. The number of allylic oxidation sites excluding steroid dienone is 1. The Hall–Kier alpha value is -3.66. The third kappa shape index (κ3) is 6.27. The van der Waals surface area contributed by atoms with E-state index in [1.54, 1.807) is 6.07 Å². The third-order valence-corrected chi connectivity index (χ3v) is 6.23. The van der Waals surface area contributed by atoms with Crippen LogP contribution in [0.2, 0.25) is 0 Å². The van der Waals surface area contributed by atoms with Crippen LogP contribution in [-0.2, 0) is 0 Å². The summed E-state index contributed by atoms with van der Waals surface area (Å²) < 4.78 is 5.88. The molecule has 0 fully saturated rings. The molecule has 1 aliphatic heterocycles. The zero-order chi connectivity index (χ0) is 24.5. The van der Waals surface area contributed by atoms with Gasteiger partial charge < -0.3 is 9.84 Å². The Bertz CT molecular complexity index is 1210. The van der Waals surface area contributed by atoms with Gasteiger partial charge in [-0.05, 0) is 30.5 Å². The minimum Gasteiger partial charge on any atom is -0.507 e. The Morgan fingerprint density at radius 1 is 0.800 bits per heavy atom. The third-order valence-electron chi connectivity index (χ3n) is 6.23. The summed E-state index contributed by atoms with van der Waals surface area (Å²) >= 11 is 0.